The van der Waals surface area contributed by atoms with Gasteiger partial charge >= 0.3 is 5.97 Å². The molecule has 1 heterocycles. The van der Waals surface area contributed by atoms with Crippen molar-refractivity contribution in [2.75, 3.05) is 0 Å². The number of carboxylic acid groups (broad SMARTS) is 1. The van der Waals surface area contributed by atoms with E-state index in [4.69, 9.17) is 5.11 Å². The Kier molecular flexibility index (Phi) is 4.69. The molecule has 0 bridgehead atoms. The minimum absolute atomic E-state index is 0.0189. The number of nitrogens with zero attached hydrogens (tertiary/aromatic N) is 1. The largest absolute Gasteiger partial charge is 0.481 e. The molecule has 0 spiro atoms. The minimum Gasteiger partial charge on any atom is -0.481 e. The van der Waals surface area contributed by atoms with Gasteiger partial charge in [0.25, 0.3) is 5.91 Å². The lowest BCUT2D eigenvalue weighted by molar-refractivity contribution is -0.137. The maximum atomic E-state index is 12.0. The van der Waals surface area contributed by atoms with Crippen LogP contribution in [0, 0.1) is 0 Å². The highest BCUT2D eigenvalue weighted by Gasteiger charge is 2.23. The van der Waals surface area contributed by atoms with Crippen molar-refractivity contribution in [3.63, 3.8) is 0 Å². The zero-order valence-electron chi connectivity index (χ0n) is 11.8. The topological polar surface area (TPSA) is 95.1 Å². The molecule has 0 radical (unpaired) electrons. The van der Waals surface area contributed by atoms with Crippen LogP contribution in [0.2, 0.25) is 0 Å². The van der Waals surface area contributed by atoms with E-state index in [0.29, 0.717) is 12.1 Å². The molecule has 0 saturated carbocycles. The Hall–Kier alpha value is -1.85. The molecule has 0 unspecified atom stereocenters. The van der Waals surface area contributed by atoms with E-state index < -0.39 is 11.5 Å². The van der Waals surface area contributed by atoms with Crippen molar-refractivity contribution in [1.29, 1.82) is 0 Å². The molecule has 1 amide bonds. The summed E-state index contributed by atoms with van der Waals surface area (Å²) in [4.78, 5) is 22.5. The van der Waals surface area contributed by atoms with Crippen molar-refractivity contribution in [3.8, 4) is 0 Å². The zero-order valence-corrected chi connectivity index (χ0v) is 11.8. The molecule has 1 rings (SSSR count). The molecule has 0 aliphatic carbocycles. The van der Waals surface area contributed by atoms with Crippen LogP contribution in [0.25, 0.3) is 0 Å². The number of nitrogens with one attached hydrogen (secondary N) is 2. The first kappa shape index (κ1) is 15.2. The van der Waals surface area contributed by atoms with Gasteiger partial charge in [0.1, 0.15) is 5.69 Å². The summed E-state index contributed by atoms with van der Waals surface area (Å²) >= 11 is 0. The van der Waals surface area contributed by atoms with Gasteiger partial charge in [-0.3, -0.25) is 14.7 Å². The Morgan fingerprint density at radius 3 is 2.58 bits per heavy atom. The zero-order chi connectivity index (χ0) is 14.6. The van der Waals surface area contributed by atoms with Gasteiger partial charge in [-0.15, -0.1) is 0 Å². The standard InChI is InChI=1S/C13H21N3O3/c1-8(2)9-7-10(16-15-9)12(19)14-13(3,4)6-5-11(17)18/h7-8H,5-6H2,1-4H3,(H,14,19)(H,15,16)(H,17,18). The molecule has 0 atom stereocenters. The first-order valence-electron chi connectivity index (χ1n) is 6.31. The summed E-state index contributed by atoms with van der Waals surface area (Å²) in [5, 5.41) is 18.2. The van der Waals surface area contributed by atoms with Crippen molar-refractivity contribution in [2.24, 2.45) is 0 Å². The fourth-order valence-electron chi connectivity index (χ4n) is 1.60. The highest BCUT2D eigenvalue weighted by atomic mass is 16.4. The number of aromatic amines is 1. The normalized spacial score (nSPS) is 11.6. The molecule has 0 aromatic carbocycles. The van der Waals surface area contributed by atoms with Crippen LogP contribution in [0.4, 0.5) is 0 Å². The van der Waals surface area contributed by atoms with E-state index in [0.717, 1.165) is 5.69 Å². The lowest BCUT2D eigenvalue weighted by Gasteiger charge is -2.25. The van der Waals surface area contributed by atoms with Gasteiger partial charge in [0.05, 0.1) is 0 Å². The average Bonchev–Trinajstić information content (AvgIpc) is 2.75. The average molecular weight is 267 g/mol. The van der Waals surface area contributed by atoms with E-state index in [9.17, 15) is 9.59 Å². The Morgan fingerprint density at radius 1 is 1.47 bits per heavy atom. The monoisotopic (exact) mass is 267 g/mol. The summed E-state index contributed by atoms with van der Waals surface area (Å²) in [7, 11) is 0. The Bertz CT molecular complexity index is 463. The number of aliphatic carboxylic acids is 1. The number of carbonyl (C=O) groups excluding carboxylic acids is 1. The molecule has 1 aromatic heterocycles. The molecule has 106 valence electrons. The summed E-state index contributed by atoms with van der Waals surface area (Å²) in [6.45, 7) is 7.60. The second-order valence-corrected chi connectivity index (χ2v) is 5.59. The number of hydrogen-bond acceptors (Lipinski definition) is 3. The van der Waals surface area contributed by atoms with Crippen LogP contribution in [-0.4, -0.2) is 32.7 Å². The van der Waals surface area contributed by atoms with Gasteiger partial charge in [-0.25, -0.2) is 0 Å². The maximum Gasteiger partial charge on any atom is 0.303 e. The van der Waals surface area contributed by atoms with Crippen LogP contribution < -0.4 is 5.32 Å². The van der Waals surface area contributed by atoms with Crippen LogP contribution in [0.5, 0.6) is 0 Å². The third-order valence-electron chi connectivity index (χ3n) is 2.87. The predicted molar refractivity (Wildman–Crippen MR) is 71.1 cm³/mol. The van der Waals surface area contributed by atoms with E-state index in [-0.39, 0.29) is 18.2 Å². The van der Waals surface area contributed by atoms with Crippen LogP contribution in [-0.2, 0) is 4.79 Å². The van der Waals surface area contributed by atoms with Gasteiger partial charge in [0, 0.05) is 17.7 Å². The number of aromatic nitrogens is 2. The smallest absolute Gasteiger partial charge is 0.303 e. The lowest BCUT2D eigenvalue weighted by Crippen LogP contribution is -2.43. The molecular formula is C13H21N3O3. The lowest BCUT2D eigenvalue weighted by atomic mass is 9.98. The molecule has 0 saturated heterocycles. The van der Waals surface area contributed by atoms with E-state index >= 15 is 0 Å². The van der Waals surface area contributed by atoms with Gasteiger partial charge in [-0.1, -0.05) is 13.8 Å². The Morgan fingerprint density at radius 2 is 2.11 bits per heavy atom. The molecule has 3 N–H and O–H groups in total. The third kappa shape index (κ3) is 4.73. The van der Waals surface area contributed by atoms with Gasteiger partial charge in [-0.2, -0.15) is 5.10 Å². The Labute approximate surface area is 112 Å². The maximum absolute atomic E-state index is 12.0. The van der Waals surface area contributed by atoms with Crippen molar-refractivity contribution >= 4 is 11.9 Å². The van der Waals surface area contributed by atoms with Crippen LogP contribution >= 0.6 is 0 Å². The minimum atomic E-state index is -0.871. The van der Waals surface area contributed by atoms with E-state index in [2.05, 4.69) is 15.5 Å². The van der Waals surface area contributed by atoms with E-state index in [1.54, 1.807) is 19.9 Å². The SMILES string of the molecule is CC(C)c1cc(C(=O)NC(C)(C)CCC(=O)O)n[nH]1. The first-order chi connectivity index (χ1) is 8.71. The second-order valence-electron chi connectivity index (χ2n) is 5.59. The van der Waals surface area contributed by atoms with Crippen molar-refractivity contribution in [3.05, 3.63) is 17.5 Å². The predicted octanol–water partition coefficient (Wildman–Crippen LogP) is 1.91. The quantitative estimate of drug-likeness (QED) is 0.733. The summed E-state index contributed by atoms with van der Waals surface area (Å²) in [5.74, 6) is -0.892. The first-order valence-corrected chi connectivity index (χ1v) is 6.31. The second kappa shape index (κ2) is 5.86. The molecule has 0 fully saturated rings. The van der Waals surface area contributed by atoms with Gasteiger partial charge in [0.15, 0.2) is 0 Å². The number of carbonyl (C=O) groups is 2. The summed E-state index contributed by atoms with van der Waals surface area (Å²) in [6, 6.07) is 1.72. The van der Waals surface area contributed by atoms with Crippen molar-refractivity contribution in [2.45, 2.75) is 52.0 Å². The summed E-state index contributed by atoms with van der Waals surface area (Å²) in [5.41, 5.74) is 0.646. The van der Waals surface area contributed by atoms with Crippen LogP contribution in [0.15, 0.2) is 6.07 Å². The number of carboxylic acids is 1. The van der Waals surface area contributed by atoms with Gasteiger partial charge in [-0.05, 0) is 32.3 Å². The highest BCUT2D eigenvalue weighted by molar-refractivity contribution is 5.92. The molecule has 19 heavy (non-hydrogen) atoms. The van der Waals surface area contributed by atoms with Crippen LogP contribution in [0.3, 0.4) is 0 Å². The van der Waals surface area contributed by atoms with Crippen molar-refractivity contribution < 1.29 is 14.7 Å². The third-order valence-corrected chi connectivity index (χ3v) is 2.87. The fraction of sp³-hybridized carbons (Fsp3) is 0.615. The van der Waals surface area contributed by atoms with Crippen LogP contribution in [0.1, 0.15) is 62.6 Å². The summed E-state index contributed by atoms with van der Waals surface area (Å²) in [6.07, 6.45) is 0.390. The Balaban J connectivity index is 2.64. The van der Waals surface area contributed by atoms with Crippen molar-refractivity contribution in [1.82, 2.24) is 15.5 Å². The number of rotatable bonds is 6. The van der Waals surface area contributed by atoms with E-state index in [1.165, 1.54) is 0 Å². The molecule has 0 aliphatic heterocycles. The molecule has 0 aliphatic rings. The molecule has 6 nitrogen and oxygen atoms in total. The molecule has 1 aromatic rings. The molecule has 6 heteroatoms. The number of hydrogen-bond donors (Lipinski definition) is 3. The van der Waals surface area contributed by atoms with Gasteiger partial charge < -0.3 is 10.4 Å². The van der Waals surface area contributed by atoms with Gasteiger partial charge in [0.2, 0.25) is 0 Å². The van der Waals surface area contributed by atoms with E-state index in [1.807, 2.05) is 13.8 Å². The fourth-order valence-corrected chi connectivity index (χ4v) is 1.60. The summed E-state index contributed by atoms with van der Waals surface area (Å²) < 4.78 is 0. The number of H-pyrrole nitrogens is 1. The number of amides is 1. The molecular weight excluding hydrogens is 246 g/mol. The highest BCUT2D eigenvalue weighted by Crippen LogP contribution is 2.15.